The van der Waals surface area contributed by atoms with Crippen molar-refractivity contribution in [2.24, 2.45) is 0 Å². The Morgan fingerprint density at radius 3 is 2.42 bits per heavy atom. The molecule has 0 aliphatic rings. The van der Waals surface area contributed by atoms with Crippen molar-refractivity contribution in [1.29, 1.82) is 0 Å². The van der Waals surface area contributed by atoms with E-state index in [-0.39, 0.29) is 12.4 Å². The van der Waals surface area contributed by atoms with E-state index in [9.17, 15) is 9.59 Å². The van der Waals surface area contributed by atoms with Gasteiger partial charge in [-0.25, -0.2) is 4.79 Å². The number of benzene rings is 1. The number of Topliss-reactive ketones (excluding diaryl/α,β-unsaturated/α-hetero) is 1. The van der Waals surface area contributed by atoms with Crippen LogP contribution in [0.15, 0.2) is 30.3 Å². The van der Waals surface area contributed by atoms with Gasteiger partial charge in [0.05, 0.1) is 0 Å². The summed E-state index contributed by atoms with van der Waals surface area (Å²) in [6.45, 7) is 3.87. The van der Waals surface area contributed by atoms with Crippen LogP contribution in [-0.4, -0.2) is 18.0 Å². The maximum atomic E-state index is 11.7. The zero-order valence-electron chi connectivity index (χ0n) is 11.4. The lowest BCUT2D eigenvalue weighted by Crippen LogP contribution is -2.26. The van der Waals surface area contributed by atoms with Gasteiger partial charge in [0.1, 0.15) is 6.61 Å². The molecule has 1 aromatic carbocycles. The summed E-state index contributed by atoms with van der Waals surface area (Å²) < 4.78 is 10.0. The third-order valence-corrected chi connectivity index (χ3v) is 2.66. The van der Waals surface area contributed by atoms with E-state index in [1.54, 1.807) is 0 Å². The zero-order valence-corrected chi connectivity index (χ0v) is 11.4. The summed E-state index contributed by atoms with van der Waals surface area (Å²) >= 11 is 0. The van der Waals surface area contributed by atoms with Gasteiger partial charge in [0.2, 0.25) is 0 Å². The Morgan fingerprint density at radius 2 is 1.84 bits per heavy atom. The van der Waals surface area contributed by atoms with E-state index in [1.807, 2.05) is 44.2 Å². The van der Waals surface area contributed by atoms with E-state index in [0.29, 0.717) is 12.8 Å². The molecule has 0 bridgehead atoms. The molecule has 0 saturated heterocycles. The van der Waals surface area contributed by atoms with Crippen LogP contribution in [0, 0.1) is 0 Å². The van der Waals surface area contributed by atoms with Crippen molar-refractivity contribution in [2.45, 2.75) is 45.8 Å². The Balaban J connectivity index is 2.39. The van der Waals surface area contributed by atoms with E-state index < -0.39 is 12.3 Å². The lowest BCUT2D eigenvalue weighted by molar-refractivity contribution is -0.129. The van der Waals surface area contributed by atoms with Gasteiger partial charge in [-0.3, -0.25) is 4.79 Å². The average Bonchev–Trinajstić information content (AvgIpc) is 2.44. The SMILES string of the molecule is CCCC(=O)C(CC)OC(=O)OCc1ccccc1. The van der Waals surface area contributed by atoms with Gasteiger partial charge in [-0.1, -0.05) is 44.2 Å². The van der Waals surface area contributed by atoms with Gasteiger partial charge < -0.3 is 9.47 Å². The molecule has 1 rings (SSSR count). The van der Waals surface area contributed by atoms with E-state index in [2.05, 4.69) is 0 Å². The Morgan fingerprint density at radius 1 is 1.16 bits per heavy atom. The number of hydrogen-bond donors (Lipinski definition) is 0. The summed E-state index contributed by atoms with van der Waals surface area (Å²) in [5.41, 5.74) is 0.882. The van der Waals surface area contributed by atoms with E-state index in [0.717, 1.165) is 12.0 Å². The minimum Gasteiger partial charge on any atom is -0.429 e. The van der Waals surface area contributed by atoms with Crippen molar-refractivity contribution in [3.63, 3.8) is 0 Å². The number of ether oxygens (including phenoxy) is 2. The summed E-state index contributed by atoms with van der Waals surface area (Å²) in [7, 11) is 0. The van der Waals surface area contributed by atoms with Crippen LogP contribution in [0.5, 0.6) is 0 Å². The van der Waals surface area contributed by atoms with E-state index in [1.165, 1.54) is 0 Å². The molecule has 4 nitrogen and oxygen atoms in total. The highest BCUT2D eigenvalue weighted by Crippen LogP contribution is 2.08. The van der Waals surface area contributed by atoms with Crippen LogP contribution in [-0.2, 0) is 20.9 Å². The van der Waals surface area contributed by atoms with Crippen LogP contribution in [0.2, 0.25) is 0 Å². The van der Waals surface area contributed by atoms with Crippen molar-refractivity contribution in [3.8, 4) is 0 Å². The molecule has 0 aliphatic heterocycles. The molecule has 19 heavy (non-hydrogen) atoms. The van der Waals surface area contributed by atoms with Gasteiger partial charge >= 0.3 is 6.16 Å². The molecule has 0 spiro atoms. The van der Waals surface area contributed by atoms with E-state index >= 15 is 0 Å². The number of hydrogen-bond acceptors (Lipinski definition) is 4. The summed E-state index contributed by atoms with van der Waals surface area (Å²) in [5, 5.41) is 0. The Hall–Kier alpha value is -1.84. The second kappa shape index (κ2) is 8.29. The fourth-order valence-corrected chi connectivity index (χ4v) is 1.65. The maximum Gasteiger partial charge on any atom is 0.509 e. The van der Waals surface area contributed by atoms with Gasteiger partial charge in [-0.05, 0) is 18.4 Å². The minimum absolute atomic E-state index is 0.0540. The molecular formula is C15H20O4. The molecule has 1 aromatic rings. The van der Waals surface area contributed by atoms with Gasteiger partial charge in [0, 0.05) is 6.42 Å². The molecule has 0 aromatic heterocycles. The lowest BCUT2D eigenvalue weighted by atomic mass is 10.1. The third kappa shape index (κ3) is 5.55. The minimum atomic E-state index is -0.792. The Labute approximate surface area is 113 Å². The second-order valence-electron chi connectivity index (χ2n) is 4.26. The number of rotatable bonds is 7. The van der Waals surface area contributed by atoms with Gasteiger partial charge in [-0.15, -0.1) is 0 Å². The monoisotopic (exact) mass is 264 g/mol. The molecule has 0 radical (unpaired) electrons. The first kappa shape index (κ1) is 15.2. The highest BCUT2D eigenvalue weighted by Gasteiger charge is 2.20. The molecule has 0 aliphatic carbocycles. The number of ketones is 1. The van der Waals surface area contributed by atoms with Gasteiger partial charge in [0.15, 0.2) is 11.9 Å². The molecule has 4 heteroatoms. The largest absolute Gasteiger partial charge is 0.509 e. The first-order chi connectivity index (χ1) is 9.17. The molecule has 1 unspecified atom stereocenters. The second-order valence-corrected chi connectivity index (χ2v) is 4.26. The molecule has 104 valence electrons. The number of carbonyl (C=O) groups is 2. The third-order valence-electron chi connectivity index (χ3n) is 2.66. The lowest BCUT2D eigenvalue weighted by Gasteiger charge is -2.14. The standard InChI is InChI=1S/C15H20O4/c1-3-8-13(16)14(4-2)19-15(17)18-11-12-9-6-5-7-10-12/h5-7,9-10,14H,3-4,8,11H2,1-2H3. The van der Waals surface area contributed by atoms with E-state index in [4.69, 9.17) is 9.47 Å². The summed E-state index contributed by atoms with van der Waals surface area (Å²) in [6, 6.07) is 9.32. The summed E-state index contributed by atoms with van der Waals surface area (Å²) in [5.74, 6) is -0.0540. The Kier molecular flexibility index (Phi) is 6.64. The van der Waals surface area contributed by atoms with Crippen molar-refractivity contribution >= 4 is 11.9 Å². The van der Waals surface area contributed by atoms with Crippen LogP contribution < -0.4 is 0 Å². The normalized spacial score (nSPS) is 11.7. The predicted molar refractivity (Wildman–Crippen MR) is 71.7 cm³/mol. The molecule has 0 saturated carbocycles. The van der Waals surface area contributed by atoms with Crippen LogP contribution in [0.3, 0.4) is 0 Å². The van der Waals surface area contributed by atoms with Crippen molar-refractivity contribution in [3.05, 3.63) is 35.9 Å². The summed E-state index contributed by atoms with van der Waals surface area (Å²) in [4.78, 5) is 23.1. The average molecular weight is 264 g/mol. The smallest absolute Gasteiger partial charge is 0.429 e. The maximum absolute atomic E-state index is 11.7. The number of carbonyl (C=O) groups excluding carboxylic acids is 2. The highest BCUT2D eigenvalue weighted by molar-refractivity contribution is 5.84. The highest BCUT2D eigenvalue weighted by atomic mass is 16.7. The van der Waals surface area contributed by atoms with Crippen molar-refractivity contribution in [2.75, 3.05) is 0 Å². The van der Waals surface area contributed by atoms with Crippen molar-refractivity contribution < 1.29 is 19.1 Å². The molecule has 1 atom stereocenters. The van der Waals surface area contributed by atoms with Crippen LogP contribution >= 0.6 is 0 Å². The van der Waals surface area contributed by atoms with Gasteiger partial charge in [-0.2, -0.15) is 0 Å². The quantitative estimate of drug-likeness (QED) is 0.707. The van der Waals surface area contributed by atoms with Crippen LogP contribution in [0.4, 0.5) is 4.79 Å². The van der Waals surface area contributed by atoms with Gasteiger partial charge in [0.25, 0.3) is 0 Å². The first-order valence-corrected chi connectivity index (χ1v) is 6.57. The first-order valence-electron chi connectivity index (χ1n) is 6.57. The molecule has 0 N–H and O–H groups in total. The topological polar surface area (TPSA) is 52.6 Å². The predicted octanol–water partition coefficient (Wildman–Crippen LogP) is 3.49. The fraction of sp³-hybridized carbons (Fsp3) is 0.467. The molecule has 0 heterocycles. The Bertz CT molecular complexity index is 400. The molecule has 0 fully saturated rings. The van der Waals surface area contributed by atoms with Crippen molar-refractivity contribution in [1.82, 2.24) is 0 Å². The molecular weight excluding hydrogens is 244 g/mol. The fourth-order valence-electron chi connectivity index (χ4n) is 1.65. The summed E-state index contributed by atoms with van der Waals surface area (Å²) in [6.07, 6.45) is 0.157. The molecule has 0 amide bonds. The van der Waals surface area contributed by atoms with Crippen LogP contribution in [0.25, 0.3) is 0 Å². The zero-order chi connectivity index (χ0) is 14.1. The van der Waals surface area contributed by atoms with Crippen LogP contribution in [0.1, 0.15) is 38.7 Å².